The summed E-state index contributed by atoms with van der Waals surface area (Å²) in [5, 5.41) is 0. The summed E-state index contributed by atoms with van der Waals surface area (Å²) in [5.41, 5.74) is 1.50. The van der Waals surface area contributed by atoms with E-state index < -0.39 is 24.0 Å². The molecule has 1 rings (SSSR count). The van der Waals surface area contributed by atoms with Crippen LogP contribution in [0.4, 0.5) is 8.78 Å². The van der Waals surface area contributed by atoms with E-state index in [0.29, 0.717) is 5.56 Å². The molecular weight excluding hydrogens is 298 g/mol. The van der Waals surface area contributed by atoms with E-state index in [1.165, 1.54) is 0 Å². The molecule has 120 valence electrons. The quantitative estimate of drug-likeness (QED) is 0.876. The maximum Gasteiger partial charge on any atom is 0.272 e. The molecule has 1 N–H and O–H groups in total. The zero-order valence-electron chi connectivity index (χ0n) is 12.9. The summed E-state index contributed by atoms with van der Waals surface area (Å²) in [6, 6.07) is 1.63. The molecule has 1 heterocycles. The molecule has 1 aromatic rings. The predicted octanol–water partition coefficient (Wildman–Crippen LogP) is 3.15. The molecule has 2 atom stereocenters. The highest BCUT2D eigenvalue weighted by Gasteiger charge is 2.22. The first-order chi connectivity index (χ1) is 9.61. The zero-order valence-corrected chi connectivity index (χ0v) is 13.8. The van der Waals surface area contributed by atoms with Gasteiger partial charge in [0.2, 0.25) is 5.88 Å². The van der Waals surface area contributed by atoms with Crippen molar-refractivity contribution in [2.45, 2.75) is 51.8 Å². The minimum Gasteiger partial charge on any atom is -0.471 e. The summed E-state index contributed by atoms with van der Waals surface area (Å²) < 4.78 is 43.9. The number of aromatic nitrogens is 1. The average Bonchev–Trinajstić information content (AvgIpc) is 2.35. The van der Waals surface area contributed by atoms with Crippen LogP contribution in [0, 0.1) is 6.92 Å². The summed E-state index contributed by atoms with van der Waals surface area (Å²) in [6.45, 7) is 8.59. The fraction of sp³-hybridized carbons (Fsp3) is 0.643. The average molecular weight is 320 g/mol. The molecule has 1 aromatic heterocycles. The molecule has 0 aliphatic carbocycles. The second-order valence-corrected chi connectivity index (χ2v) is 7.81. The van der Waals surface area contributed by atoms with Crippen LogP contribution in [0.2, 0.25) is 0 Å². The highest BCUT2D eigenvalue weighted by atomic mass is 32.2. The van der Waals surface area contributed by atoms with Crippen molar-refractivity contribution in [1.82, 2.24) is 9.71 Å². The molecule has 0 saturated heterocycles. The number of hydrogen-bond acceptors (Lipinski definition) is 3. The van der Waals surface area contributed by atoms with Gasteiger partial charge in [-0.3, -0.25) is 0 Å². The van der Waals surface area contributed by atoms with Crippen LogP contribution in [0.3, 0.4) is 0 Å². The van der Waals surface area contributed by atoms with Gasteiger partial charge in [0.25, 0.3) is 6.43 Å². The van der Waals surface area contributed by atoms with Crippen LogP contribution in [-0.4, -0.2) is 27.0 Å². The number of halogens is 2. The van der Waals surface area contributed by atoms with Crippen molar-refractivity contribution < 1.29 is 17.7 Å². The Morgan fingerprint density at radius 3 is 2.52 bits per heavy atom. The minimum atomic E-state index is -2.53. The van der Waals surface area contributed by atoms with Gasteiger partial charge in [0.1, 0.15) is 0 Å². The van der Waals surface area contributed by atoms with Crippen molar-refractivity contribution in [3.05, 3.63) is 23.4 Å². The van der Waals surface area contributed by atoms with Crippen molar-refractivity contribution in [2.75, 3.05) is 6.61 Å². The molecule has 4 nitrogen and oxygen atoms in total. The Morgan fingerprint density at radius 1 is 1.43 bits per heavy atom. The maximum atomic E-state index is 12.1. The number of hydrogen-bond donors (Lipinski definition) is 1. The number of aryl methyl sites for hydroxylation is 1. The first-order valence-electron chi connectivity index (χ1n) is 6.66. The summed E-state index contributed by atoms with van der Waals surface area (Å²) >= 11 is 0. The molecule has 0 amide bonds. The van der Waals surface area contributed by atoms with Gasteiger partial charge in [0.15, 0.2) is 6.61 Å². The van der Waals surface area contributed by atoms with Gasteiger partial charge in [-0.2, -0.15) is 0 Å². The Hall–Kier alpha value is -1.08. The van der Waals surface area contributed by atoms with Gasteiger partial charge < -0.3 is 4.74 Å². The third-order valence-corrected chi connectivity index (χ3v) is 4.42. The van der Waals surface area contributed by atoms with Gasteiger partial charge in [-0.15, -0.1) is 0 Å². The number of nitrogens with one attached hydrogen (secondary N) is 1. The monoisotopic (exact) mass is 320 g/mol. The van der Waals surface area contributed by atoms with Crippen LogP contribution in [0.15, 0.2) is 12.3 Å². The van der Waals surface area contributed by atoms with E-state index in [1.54, 1.807) is 19.2 Å². The topological polar surface area (TPSA) is 51.2 Å². The Balaban J connectivity index is 2.76. The molecule has 0 radical (unpaired) electrons. The smallest absolute Gasteiger partial charge is 0.272 e. The lowest BCUT2D eigenvalue weighted by atomic mass is 10.1. The third kappa shape index (κ3) is 5.67. The fourth-order valence-corrected chi connectivity index (χ4v) is 2.33. The Bertz CT molecular complexity index is 504. The van der Waals surface area contributed by atoms with Crippen LogP contribution in [0.25, 0.3) is 0 Å². The van der Waals surface area contributed by atoms with Crippen LogP contribution in [-0.2, 0) is 11.0 Å². The molecule has 2 unspecified atom stereocenters. The zero-order chi connectivity index (χ0) is 16.2. The Kier molecular flexibility index (Phi) is 6.22. The van der Waals surface area contributed by atoms with Gasteiger partial charge in [-0.05, 0) is 46.2 Å². The standard InChI is InChI=1S/C14H22F2N2O2S/c1-9-6-11(7-17-13(9)20-8-12(15)16)10(2)18-21(19)14(3,4)5/h6-7,10,12,18H,8H2,1-5H3. The minimum absolute atomic E-state index is 0.166. The van der Waals surface area contributed by atoms with E-state index >= 15 is 0 Å². The van der Waals surface area contributed by atoms with Gasteiger partial charge in [0.05, 0.1) is 15.7 Å². The summed E-state index contributed by atoms with van der Waals surface area (Å²) in [7, 11) is -1.20. The Morgan fingerprint density at radius 2 is 2.05 bits per heavy atom. The van der Waals surface area contributed by atoms with Crippen molar-refractivity contribution in [3.8, 4) is 5.88 Å². The number of ether oxygens (including phenoxy) is 1. The van der Waals surface area contributed by atoms with Crippen LogP contribution in [0.1, 0.15) is 44.9 Å². The first-order valence-corrected chi connectivity index (χ1v) is 7.81. The molecule has 0 aliphatic rings. The Labute approximate surface area is 126 Å². The second kappa shape index (κ2) is 7.26. The SMILES string of the molecule is Cc1cc(C(C)NS(=O)C(C)(C)C)cnc1OCC(F)F. The van der Waals surface area contributed by atoms with Crippen molar-refractivity contribution in [3.63, 3.8) is 0 Å². The molecule has 0 bridgehead atoms. The fourth-order valence-electron chi connectivity index (χ4n) is 1.52. The molecule has 7 heteroatoms. The number of nitrogens with zero attached hydrogens (tertiary/aromatic N) is 1. The van der Waals surface area contributed by atoms with Crippen LogP contribution >= 0.6 is 0 Å². The first kappa shape index (κ1) is 18.0. The normalized spacial score (nSPS) is 15.0. The van der Waals surface area contributed by atoms with E-state index in [-0.39, 0.29) is 16.7 Å². The summed E-state index contributed by atoms with van der Waals surface area (Å²) in [6.07, 6.45) is -0.980. The lowest BCUT2D eigenvalue weighted by Gasteiger charge is -2.22. The molecule has 0 spiro atoms. The van der Waals surface area contributed by atoms with E-state index in [4.69, 9.17) is 4.74 Å². The van der Waals surface area contributed by atoms with Crippen molar-refractivity contribution >= 4 is 11.0 Å². The van der Waals surface area contributed by atoms with E-state index in [0.717, 1.165) is 5.56 Å². The van der Waals surface area contributed by atoms with Gasteiger partial charge >= 0.3 is 0 Å². The number of alkyl halides is 2. The largest absolute Gasteiger partial charge is 0.471 e. The van der Waals surface area contributed by atoms with Gasteiger partial charge in [0, 0.05) is 17.8 Å². The lowest BCUT2D eigenvalue weighted by molar-refractivity contribution is 0.0792. The molecule has 0 aromatic carbocycles. The maximum absolute atomic E-state index is 12.1. The highest BCUT2D eigenvalue weighted by molar-refractivity contribution is 7.84. The van der Waals surface area contributed by atoms with Crippen LogP contribution in [0.5, 0.6) is 5.88 Å². The third-order valence-electron chi connectivity index (χ3n) is 2.74. The lowest BCUT2D eigenvalue weighted by Crippen LogP contribution is -2.34. The predicted molar refractivity (Wildman–Crippen MR) is 79.9 cm³/mol. The molecular formula is C14H22F2N2O2S. The summed E-state index contributed by atoms with van der Waals surface area (Å²) in [4.78, 5) is 4.05. The van der Waals surface area contributed by atoms with Crippen molar-refractivity contribution in [1.29, 1.82) is 0 Å². The molecule has 21 heavy (non-hydrogen) atoms. The number of pyridine rings is 1. The molecule has 0 aliphatic heterocycles. The van der Waals surface area contributed by atoms with E-state index in [1.807, 2.05) is 27.7 Å². The van der Waals surface area contributed by atoms with Gasteiger partial charge in [-0.25, -0.2) is 22.7 Å². The molecule has 0 fully saturated rings. The molecule has 0 saturated carbocycles. The van der Waals surface area contributed by atoms with E-state index in [2.05, 4.69) is 9.71 Å². The van der Waals surface area contributed by atoms with Crippen molar-refractivity contribution in [2.24, 2.45) is 0 Å². The van der Waals surface area contributed by atoms with Gasteiger partial charge in [-0.1, -0.05) is 0 Å². The van der Waals surface area contributed by atoms with E-state index in [9.17, 15) is 13.0 Å². The number of rotatable bonds is 6. The van der Waals surface area contributed by atoms with Crippen LogP contribution < -0.4 is 9.46 Å². The second-order valence-electron chi connectivity index (χ2n) is 5.81. The summed E-state index contributed by atoms with van der Waals surface area (Å²) in [5.74, 6) is 0.197. The highest BCUT2D eigenvalue weighted by Crippen LogP contribution is 2.21.